The molecule has 1 unspecified atom stereocenters. The Hall–Kier alpha value is -1.15. The summed E-state index contributed by atoms with van der Waals surface area (Å²) in [5.74, 6) is 0.535. The second-order valence-corrected chi connectivity index (χ2v) is 7.57. The van der Waals surface area contributed by atoms with E-state index < -0.39 is 16.1 Å². The number of aromatic amines is 1. The molecule has 1 N–H and O–H groups in total. The molecule has 1 heterocycles. The number of nitrogens with one attached hydrogen (secondary N) is 1. The average molecular weight is 346 g/mol. The van der Waals surface area contributed by atoms with Gasteiger partial charge in [0.2, 0.25) is 10.0 Å². The van der Waals surface area contributed by atoms with Gasteiger partial charge in [-0.15, -0.1) is 0 Å². The summed E-state index contributed by atoms with van der Waals surface area (Å²) in [6, 6.07) is 4.91. The smallest absolute Gasteiger partial charge is 0.216 e. The molecule has 1 aromatic carbocycles. The van der Waals surface area contributed by atoms with Gasteiger partial charge in [0.25, 0.3) is 0 Å². The molecule has 2 aromatic rings. The minimum atomic E-state index is -3.40. The normalized spacial score (nSPS) is 13.9. The molecule has 0 aliphatic heterocycles. The van der Waals surface area contributed by atoms with Gasteiger partial charge < -0.3 is 9.72 Å². The van der Waals surface area contributed by atoms with Crippen LogP contribution in [0.1, 0.15) is 25.7 Å². The highest BCUT2D eigenvalue weighted by atomic mass is 35.5. The summed E-state index contributed by atoms with van der Waals surface area (Å²) >= 11 is 5.95. The second-order valence-electron chi connectivity index (χ2n) is 4.99. The number of nitrogens with zero attached hydrogens (tertiary/aromatic N) is 2. The Balaban J connectivity index is 2.19. The third-order valence-corrected chi connectivity index (χ3v) is 5.64. The van der Waals surface area contributed by atoms with Gasteiger partial charge >= 0.3 is 0 Å². The summed E-state index contributed by atoms with van der Waals surface area (Å²) in [6.07, 6.45) is 0. The number of hydrogen-bond donors (Lipinski definition) is 1. The Labute approximate surface area is 135 Å². The predicted molar refractivity (Wildman–Crippen MR) is 87.6 cm³/mol. The monoisotopic (exact) mass is 345 g/mol. The molecule has 122 valence electrons. The van der Waals surface area contributed by atoms with Crippen LogP contribution in [-0.4, -0.2) is 48.7 Å². The first kappa shape index (κ1) is 17.2. The number of halogens is 1. The number of fused-ring (bicyclic) bond motifs is 1. The van der Waals surface area contributed by atoms with E-state index in [1.54, 1.807) is 32.2 Å². The lowest BCUT2D eigenvalue weighted by atomic mass is 10.3. The van der Waals surface area contributed by atoms with Crippen LogP contribution in [0.2, 0.25) is 5.02 Å². The Morgan fingerprint density at radius 3 is 2.86 bits per heavy atom. The van der Waals surface area contributed by atoms with Gasteiger partial charge in [-0.25, -0.2) is 13.4 Å². The van der Waals surface area contributed by atoms with Gasteiger partial charge in [0.05, 0.1) is 29.4 Å². The molecular formula is C14H20ClN3O3S. The van der Waals surface area contributed by atoms with E-state index in [0.717, 1.165) is 11.0 Å². The quantitative estimate of drug-likeness (QED) is 0.782. The Morgan fingerprint density at radius 1 is 1.45 bits per heavy atom. The molecule has 8 heteroatoms. The summed E-state index contributed by atoms with van der Waals surface area (Å²) in [6.45, 7) is 4.31. The Morgan fingerprint density at radius 2 is 2.18 bits per heavy atom. The highest BCUT2D eigenvalue weighted by molar-refractivity contribution is 7.89. The fraction of sp³-hybridized carbons (Fsp3) is 0.500. The molecule has 1 aromatic heterocycles. The van der Waals surface area contributed by atoms with Crippen LogP contribution in [-0.2, 0) is 14.8 Å². The highest BCUT2D eigenvalue weighted by Crippen LogP contribution is 2.24. The lowest BCUT2D eigenvalue weighted by Gasteiger charge is -2.22. The second kappa shape index (κ2) is 6.95. The third kappa shape index (κ3) is 3.78. The first-order valence-corrected chi connectivity index (χ1v) is 9.02. The molecule has 0 spiro atoms. The van der Waals surface area contributed by atoms with Crippen LogP contribution >= 0.6 is 11.6 Å². The van der Waals surface area contributed by atoms with E-state index in [-0.39, 0.29) is 12.4 Å². The van der Waals surface area contributed by atoms with Gasteiger partial charge in [-0.3, -0.25) is 0 Å². The lowest BCUT2D eigenvalue weighted by Crippen LogP contribution is -2.33. The van der Waals surface area contributed by atoms with E-state index in [1.165, 1.54) is 4.31 Å². The largest absolute Gasteiger partial charge is 0.381 e. The van der Waals surface area contributed by atoms with Crippen molar-refractivity contribution in [2.24, 2.45) is 0 Å². The number of benzene rings is 1. The van der Waals surface area contributed by atoms with Gasteiger partial charge in [0.15, 0.2) is 0 Å². The molecule has 0 fully saturated rings. The molecule has 1 atom stereocenters. The summed E-state index contributed by atoms with van der Waals surface area (Å²) in [4.78, 5) is 7.56. The number of sulfonamides is 1. The van der Waals surface area contributed by atoms with E-state index >= 15 is 0 Å². The molecular weight excluding hydrogens is 326 g/mol. The van der Waals surface area contributed by atoms with Crippen molar-refractivity contribution in [3.63, 3.8) is 0 Å². The summed E-state index contributed by atoms with van der Waals surface area (Å²) in [5, 5.41) is 0.605. The molecule has 0 radical (unpaired) electrons. The Kier molecular flexibility index (Phi) is 5.44. The van der Waals surface area contributed by atoms with Gasteiger partial charge in [0.1, 0.15) is 5.82 Å². The number of H-pyrrole nitrogens is 1. The van der Waals surface area contributed by atoms with Crippen molar-refractivity contribution >= 4 is 32.7 Å². The van der Waals surface area contributed by atoms with Crippen LogP contribution in [0.3, 0.4) is 0 Å². The molecule has 22 heavy (non-hydrogen) atoms. The topological polar surface area (TPSA) is 75.3 Å². The van der Waals surface area contributed by atoms with Crippen LogP contribution in [0, 0.1) is 0 Å². The molecule has 6 nitrogen and oxygen atoms in total. The zero-order chi connectivity index (χ0) is 16.3. The van der Waals surface area contributed by atoms with Crippen molar-refractivity contribution in [1.82, 2.24) is 14.3 Å². The zero-order valence-electron chi connectivity index (χ0n) is 12.8. The van der Waals surface area contributed by atoms with Crippen molar-refractivity contribution in [2.45, 2.75) is 19.9 Å². The van der Waals surface area contributed by atoms with Crippen LogP contribution < -0.4 is 0 Å². The van der Waals surface area contributed by atoms with Crippen molar-refractivity contribution in [3.05, 3.63) is 29.0 Å². The molecule has 0 amide bonds. The van der Waals surface area contributed by atoms with Crippen LogP contribution in [0.15, 0.2) is 18.2 Å². The SMILES string of the molecule is CCOCCS(=O)(=O)N(C)C(C)c1nc2ccc(Cl)cc2[nH]1. The highest BCUT2D eigenvalue weighted by Gasteiger charge is 2.26. The van der Waals surface area contributed by atoms with Crippen molar-refractivity contribution in [2.75, 3.05) is 26.0 Å². The third-order valence-electron chi connectivity index (χ3n) is 3.53. The van der Waals surface area contributed by atoms with E-state index in [4.69, 9.17) is 16.3 Å². The molecule has 0 saturated carbocycles. The average Bonchev–Trinajstić information content (AvgIpc) is 2.88. The fourth-order valence-corrected chi connectivity index (χ4v) is 3.44. The van der Waals surface area contributed by atoms with Crippen molar-refractivity contribution in [1.29, 1.82) is 0 Å². The number of hydrogen-bond acceptors (Lipinski definition) is 4. The molecule has 0 saturated heterocycles. The number of aromatic nitrogens is 2. The minimum absolute atomic E-state index is 0.0479. The van der Waals surface area contributed by atoms with E-state index in [9.17, 15) is 8.42 Å². The minimum Gasteiger partial charge on any atom is -0.381 e. The van der Waals surface area contributed by atoms with Crippen molar-refractivity contribution in [3.8, 4) is 0 Å². The Bertz CT molecular complexity index is 745. The number of imidazole rings is 1. The van der Waals surface area contributed by atoms with Crippen LogP contribution in [0.25, 0.3) is 11.0 Å². The van der Waals surface area contributed by atoms with Crippen LogP contribution in [0.5, 0.6) is 0 Å². The van der Waals surface area contributed by atoms with Gasteiger partial charge in [-0.05, 0) is 32.0 Å². The maximum absolute atomic E-state index is 12.3. The summed E-state index contributed by atoms with van der Waals surface area (Å²) < 4.78 is 31.0. The number of rotatable bonds is 7. The molecule has 2 rings (SSSR count). The van der Waals surface area contributed by atoms with Crippen LogP contribution in [0.4, 0.5) is 0 Å². The van der Waals surface area contributed by atoms with Gasteiger partial charge in [-0.1, -0.05) is 11.6 Å². The molecule has 0 aliphatic carbocycles. The maximum Gasteiger partial charge on any atom is 0.216 e. The number of ether oxygens (including phenoxy) is 1. The maximum atomic E-state index is 12.3. The predicted octanol–water partition coefficient (Wildman–Crippen LogP) is 2.58. The van der Waals surface area contributed by atoms with E-state index in [2.05, 4.69) is 9.97 Å². The lowest BCUT2D eigenvalue weighted by molar-refractivity contribution is 0.162. The van der Waals surface area contributed by atoms with Gasteiger partial charge in [0, 0.05) is 18.7 Å². The summed E-state index contributed by atoms with van der Waals surface area (Å²) in [5.41, 5.74) is 1.54. The zero-order valence-corrected chi connectivity index (χ0v) is 14.4. The van der Waals surface area contributed by atoms with Gasteiger partial charge in [-0.2, -0.15) is 4.31 Å². The van der Waals surface area contributed by atoms with E-state index in [0.29, 0.717) is 17.5 Å². The first-order valence-electron chi connectivity index (χ1n) is 7.03. The van der Waals surface area contributed by atoms with Crippen molar-refractivity contribution < 1.29 is 13.2 Å². The fourth-order valence-electron chi connectivity index (χ4n) is 2.07. The summed E-state index contributed by atoms with van der Waals surface area (Å²) in [7, 11) is -1.86. The van der Waals surface area contributed by atoms with E-state index in [1.807, 2.05) is 6.92 Å². The molecule has 0 aliphatic rings. The molecule has 0 bridgehead atoms. The first-order chi connectivity index (χ1) is 10.3. The standard InChI is InChI=1S/C14H20ClN3O3S/c1-4-21-7-8-22(19,20)18(3)10(2)14-16-12-6-5-11(15)9-13(12)17-14/h5-6,9-10H,4,7-8H2,1-3H3,(H,16,17).